The number of aromatic nitrogens is 1. The second-order valence-corrected chi connectivity index (χ2v) is 8.61. The lowest BCUT2D eigenvalue weighted by Crippen LogP contribution is -2.26. The summed E-state index contributed by atoms with van der Waals surface area (Å²) >= 11 is 0. The largest absolute Gasteiger partial charge is 0.434 e. The lowest BCUT2D eigenvalue weighted by molar-refractivity contribution is -0.143. The van der Waals surface area contributed by atoms with Crippen LogP contribution < -0.4 is 5.32 Å². The van der Waals surface area contributed by atoms with Gasteiger partial charge in [-0.25, -0.2) is 9.78 Å². The number of benzene rings is 1. The van der Waals surface area contributed by atoms with Crippen molar-refractivity contribution in [3.8, 4) is 0 Å². The van der Waals surface area contributed by atoms with Crippen molar-refractivity contribution in [3.05, 3.63) is 70.6 Å². The molecule has 2 aliphatic rings. The fourth-order valence-corrected chi connectivity index (χ4v) is 3.98. The van der Waals surface area contributed by atoms with Crippen LogP contribution >= 0.6 is 0 Å². The molecule has 0 spiro atoms. The zero-order valence-corrected chi connectivity index (χ0v) is 19.1. The van der Waals surface area contributed by atoms with Gasteiger partial charge in [0.15, 0.2) is 6.10 Å². The van der Waals surface area contributed by atoms with Gasteiger partial charge in [-0.05, 0) is 36.2 Å². The van der Waals surface area contributed by atoms with Gasteiger partial charge in [0.1, 0.15) is 5.82 Å². The van der Waals surface area contributed by atoms with Gasteiger partial charge in [-0.1, -0.05) is 6.58 Å². The number of cyclic esters (lactones) is 1. The van der Waals surface area contributed by atoms with E-state index in [9.17, 15) is 44.3 Å². The van der Waals surface area contributed by atoms with E-state index < -0.39 is 59.5 Å². The Morgan fingerprint density at radius 2 is 1.55 bits per heavy atom. The number of nitrogens with zero attached hydrogens (tertiary/aromatic N) is 2. The molecule has 6 nitrogen and oxygen atoms in total. The number of anilines is 1. The number of carbonyl (C=O) groups is 1. The number of amides is 1. The van der Waals surface area contributed by atoms with Crippen LogP contribution in [0.2, 0.25) is 0 Å². The normalized spacial score (nSPS) is 20.7. The first-order valence-corrected chi connectivity index (χ1v) is 10.9. The first kappa shape index (κ1) is 27.5. The Morgan fingerprint density at radius 1 is 0.947 bits per heavy atom. The third-order valence-electron chi connectivity index (χ3n) is 5.89. The van der Waals surface area contributed by atoms with Crippen molar-refractivity contribution in [3.63, 3.8) is 0 Å². The summed E-state index contributed by atoms with van der Waals surface area (Å²) in [6, 6.07) is 1.14. The molecule has 1 unspecified atom stereocenters. The fraction of sp³-hybridized carbons (Fsp3) is 0.391. The van der Waals surface area contributed by atoms with E-state index in [0.717, 1.165) is 11.0 Å². The van der Waals surface area contributed by atoms with Gasteiger partial charge in [-0.3, -0.25) is 4.90 Å². The molecule has 1 N–H and O–H groups in total. The maximum absolute atomic E-state index is 13.3. The van der Waals surface area contributed by atoms with Crippen LogP contribution in [0.4, 0.5) is 50.1 Å². The number of alkyl halides is 9. The number of halogens is 9. The van der Waals surface area contributed by atoms with Crippen LogP contribution in [0, 0.1) is 0 Å². The van der Waals surface area contributed by atoms with Crippen LogP contribution in [0.3, 0.4) is 0 Å². The first-order chi connectivity index (χ1) is 17.5. The molecular weight excluding hydrogens is 537 g/mol. The highest BCUT2D eigenvalue weighted by molar-refractivity contribution is 5.74. The Hall–Kier alpha value is -3.49. The average Bonchev–Trinajstić information content (AvgIpc) is 3.41. The molecule has 0 bridgehead atoms. The van der Waals surface area contributed by atoms with E-state index in [1.165, 1.54) is 0 Å². The highest BCUT2D eigenvalue weighted by Crippen LogP contribution is 2.42. The summed E-state index contributed by atoms with van der Waals surface area (Å²) in [5.74, 6) is -0.0176. The van der Waals surface area contributed by atoms with E-state index in [0.29, 0.717) is 31.4 Å². The lowest BCUT2D eigenvalue weighted by atomic mass is 9.99. The third kappa shape index (κ3) is 5.81. The van der Waals surface area contributed by atoms with E-state index in [1.54, 1.807) is 0 Å². The van der Waals surface area contributed by atoms with Crippen molar-refractivity contribution in [1.29, 1.82) is 0 Å². The summed E-state index contributed by atoms with van der Waals surface area (Å²) in [5.41, 5.74) is -5.55. The number of pyridine rings is 1. The minimum absolute atomic E-state index is 0.0176. The maximum Gasteiger partial charge on any atom is 0.417 e. The molecule has 38 heavy (non-hydrogen) atoms. The molecule has 2 saturated heterocycles. The van der Waals surface area contributed by atoms with Crippen LogP contribution in [0.5, 0.6) is 0 Å². The number of rotatable bonds is 5. The third-order valence-corrected chi connectivity index (χ3v) is 5.89. The van der Waals surface area contributed by atoms with Crippen molar-refractivity contribution < 1.29 is 53.8 Å². The molecule has 2 atom stereocenters. The summed E-state index contributed by atoms with van der Waals surface area (Å²) < 4.78 is 130. The maximum atomic E-state index is 13.3. The molecule has 15 heteroatoms. The lowest BCUT2D eigenvalue weighted by Gasteiger charge is -2.21. The average molecular weight is 555 g/mol. The van der Waals surface area contributed by atoms with Crippen LogP contribution in [0.25, 0.3) is 0 Å². The minimum atomic E-state index is -5.14. The van der Waals surface area contributed by atoms with Crippen molar-refractivity contribution in [2.75, 3.05) is 18.5 Å². The van der Waals surface area contributed by atoms with Crippen LogP contribution in [-0.4, -0.2) is 35.2 Å². The van der Waals surface area contributed by atoms with Crippen molar-refractivity contribution in [1.82, 2.24) is 9.88 Å². The smallest absolute Gasteiger partial charge is 0.417 e. The molecule has 1 aromatic carbocycles. The van der Waals surface area contributed by atoms with Crippen molar-refractivity contribution >= 4 is 11.9 Å². The number of carbonyl (C=O) groups excluding carboxylic acids is 1. The van der Waals surface area contributed by atoms with E-state index in [4.69, 9.17) is 9.47 Å². The molecule has 3 heterocycles. The Labute approximate surface area is 209 Å². The van der Waals surface area contributed by atoms with Gasteiger partial charge in [-0.15, -0.1) is 0 Å². The summed E-state index contributed by atoms with van der Waals surface area (Å²) in [5, 5.41) is 2.92. The summed E-state index contributed by atoms with van der Waals surface area (Å²) in [6.45, 7) is 3.61. The molecule has 4 rings (SSSR count). The topological polar surface area (TPSA) is 63.7 Å². The van der Waals surface area contributed by atoms with Gasteiger partial charge in [0, 0.05) is 18.4 Å². The molecule has 2 fully saturated rings. The van der Waals surface area contributed by atoms with Gasteiger partial charge < -0.3 is 14.8 Å². The van der Waals surface area contributed by atoms with Gasteiger partial charge >= 0.3 is 24.6 Å². The fourth-order valence-electron chi connectivity index (χ4n) is 3.98. The van der Waals surface area contributed by atoms with Crippen LogP contribution in [-0.2, 0) is 34.5 Å². The summed E-state index contributed by atoms with van der Waals surface area (Å²) in [6.07, 6.45) is -16.9. The number of hydrogen-bond donors (Lipinski definition) is 1. The zero-order valence-electron chi connectivity index (χ0n) is 19.1. The predicted octanol–water partition coefficient (Wildman–Crippen LogP) is 6.55. The van der Waals surface area contributed by atoms with Crippen molar-refractivity contribution in [2.45, 2.75) is 43.6 Å². The zero-order chi connectivity index (χ0) is 28.0. The summed E-state index contributed by atoms with van der Waals surface area (Å²) in [4.78, 5) is 17.1. The molecule has 206 valence electrons. The van der Waals surface area contributed by atoms with Crippen LogP contribution in [0.1, 0.15) is 40.3 Å². The highest BCUT2D eigenvalue weighted by Gasteiger charge is 2.42. The van der Waals surface area contributed by atoms with E-state index >= 15 is 0 Å². The van der Waals surface area contributed by atoms with Crippen molar-refractivity contribution in [2.24, 2.45) is 0 Å². The minimum Gasteiger partial charge on any atom is -0.434 e. The Bertz CT molecular complexity index is 1200. The predicted molar refractivity (Wildman–Crippen MR) is 112 cm³/mol. The van der Waals surface area contributed by atoms with Gasteiger partial charge in [-0.2, -0.15) is 39.5 Å². The molecular formula is C23H18F9N3O3. The van der Waals surface area contributed by atoms with E-state index in [1.807, 2.05) is 0 Å². The molecule has 0 saturated carbocycles. The number of nitrogens with one attached hydrogen (secondary N) is 1. The van der Waals surface area contributed by atoms with Gasteiger partial charge in [0.2, 0.25) is 0 Å². The molecule has 0 radical (unpaired) electrons. The standard InChI is InChI=1S/C23H18F9N3O3/c1-11-18(12-4-14(21(24,25)26)7-15(5-12)22(27,28)29)38-20(36)35(11)9-13-6-16(23(30,31)32)8-33-19(13)34-17-2-3-37-10-17/h4-8,17-18H,1-3,9-10H2,(H,33,34)/t17?,18-/m0/s1. The van der Waals surface area contributed by atoms with Crippen LogP contribution in [0.15, 0.2) is 42.7 Å². The molecule has 1 aromatic heterocycles. The molecule has 2 aliphatic heterocycles. The Morgan fingerprint density at radius 3 is 2.08 bits per heavy atom. The Balaban J connectivity index is 1.67. The Kier molecular flexibility index (Phi) is 7.01. The molecule has 2 aromatic rings. The van der Waals surface area contributed by atoms with Gasteiger partial charge in [0.05, 0.1) is 41.6 Å². The van der Waals surface area contributed by atoms with Gasteiger partial charge in [0.25, 0.3) is 0 Å². The molecule has 1 amide bonds. The second-order valence-electron chi connectivity index (χ2n) is 8.61. The SMILES string of the molecule is C=C1[C@@H](c2cc(C(F)(F)F)cc(C(F)(F)F)c2)OC(=O)N1Cc1cc(C(F)(F)F)cnc1NC1CCOC1. The number of ether oxygens (including phenoxy) is 2. The van der Waals surface area contributed by atoms with E-state index in [2.05, 4.69) is 16.9 Å². The quantitative estimate of drug-likeness (QED) is 0.425. The number of hydrogen-bond acceptors (Lipinski definition) is 5. The first-order valence-electron chi connectivity index (χ1n) is 10.9. The molecule has 0 aliphatic carbocycles. The highest BCUT2D eigenvalue weighted by atomic mass is 19.4. The monoisotopic (exact) mass is 555 g/mol. The second kappa shape index (κ2) is 9.67. The summed E-state index contributed by atoms with van der Waals surface area (Å²) in [7, 11) is 0. The van der Waals surface area contributed by atoms with E-state index in [-0.39, 0.29) is 35.8 Å².